The monoisotopic (exact) mass is 360 g/mol. The number of hydrogen-bond donors (Lipinski definition) is 1. The van der Waals surface area contributed by atoms with Crippen LogP contribution in [-0.2, 0) is 4.79 Å². The number of carbonyl (C=O) groups is 1. The molecule has 6 nitrogen and oxygen atoms in total. The molecule has 0 bridgehead atoms. The molecule has 0 atom stereocenters. The maximum absolute atomic E-state index is 12.6. The number of ether oxygens (including phenoxy) is 1. The van der Waals surface area contributed by atoms with Gasteiger partial charge >= 0.3 is 0 Å². The fraction of sp³-hybridized carbons (Fsp3) is 0.389. The smallest absolute Gasteiger partial charge is 0.227 e. The highest BCUT2D eigenvalue weighted by molar-refractivity contribution is 6.31. The first kappa shape index (κ1) is 17.5. The number of benzene rings is 1. The molecule has 1 aromatic heterocycles. The van der Waals surface area contributed by atoms with E-state index in [9.17, 15) is 4.79 Å². The number of aromatic nitrogens is 2. The number of hydrogen-bond acceptors (Lipinski definition) is 5. The van der Waals surface area contributed by atoms with Gasteiger partial charge in [0.15, 0.2) is 0 Å². The lowest BCUT2D eigenvalue weighted by Gasteiger charge is -2.31. The van der Waals surface area contributed by atoms with E-state index < -0.39 is 0 Å². The van der Waals surface area contributed by atoms with Crippen LogP contribution < -0.4 is 15.0 Å². The number of anilines is 2. The van der Waals surface area contributed by atoms with Crippen LogP contribution in [0.4, 0.5) is 11.6 Å². The van der Waals surface area contributed by atoms with Gasteiger partial charge in [0.05, 0.1) is 12.8 Å². The highest BCUT2D eigenvalue weighted by Crippen LogP contribution is 2.29. The van der Waals surface area contributed by atoms with Gasteiger partial charge in [0.25, 0.3) is 0 Å². The van der Waals surface area contributed by atoms with Crippen molar-refractivity contribution >= 4 is 29.1 Å². The van der Waals surface area contributed by atoms with Crippen molar-refractivity contribution in [1.82, 2.24) is 9.97 Å². The lowest BCUT2D eigenvalue weighted by Crippen LogP contribution is -2.39. The van der Waals surface area contributed by atoms with Crippen LogP contribution in [0.1, 0.15) is 18.5 Å². The molecule has 1 N–H and O–H groups in total. The van der Waals surface area contributed by atoms with Gasteiger partial charge in [0, 0.05) is 35.9 Å². The summed E-state index contributed by atoms with van der Waals surface area (Å²) in [5.74, 6) is 1.27. The molecular formula is C18H21ClN4O2. The van der Waals surface area contributed by atoms with Crippen molar-refractivity contribution in [3.8, 4) is 5.75 Å². The zero-order valence-electron chi connectivity index (χ0n) is 14.3. The van der Waals surface area contributed by atoms with Crippen LogP contribution in [-0.4, -0.2) is 36.1 Å². The first-order valence-corrected chi connectivity index (χ1v) is 8.63. The van der Waals surface area contributed by atoms with Gasteiger partial charge in [-0.25, -0.2) is 9.97 Å². The van der Waals surface area contributed by atoms with Crippen LogP contribution in [0.2, 0.25) is 5.02 Å². The Morgan fingerprint density at radius 1 is 1.32 bits per heavy atom. The van der Waals surface area contributed by atoms with E-state index in [2.05, 4.69) is 20.2 Å². The topological polar surface area (TPSA) is 67.3 Å². The Kier molecular flexibility index (Phi) is 5.38. The Morgan fingerprint density at radius 3 is 2.76 bits per heavy atom. The van der Waals surface area contributed by atoms with E-state index in [-0.39, 0.29) is 11.8 Å². The highest BCUT2D eigenvalue weighted by atomic mass is 35.5. The Hall–Kier alpha value is -2.34. The van der Waals surface area contributed by atoms with Crippen molar-refractivity contribution in [2.45, 2.75) is 19.8 Å². The minimum atomic E-state index is -0.0512. The number of methoxy groups -OCH3 is 1. The number of nitrogens with zero attached hydrogens (tertiary/aromatic N) is 3. The van der Waals surface area contributed by atoms with Gasteiger partial charge in [-0.2, -0.15) is 0 Å². The summed E-state index contributed by atoms with van der Waals surface area (Å²) in [4.78, 5) is 23.5. The second kappa shape index (κ2) is 7.70. The maximum Gasteiger partial charge on any atom is 0.227 e. The molecule has 2 aromatic rings. The Morgan fingerprint density at radius 2 is 2.08 bits per heavy atom. The number of piperidine rings is 1. The molecule has 0 saturated carbocycles. The standard InChI is InChI=1S/C18H21ClN4O2/c1-12-5-8-20-18(21-12)23-9-6-13(7-10-23)17(24)22-15-11-14(19)3-4-16(15)25-2/h3-5,8,11,13H,6-7,9-10H2,1-2H3,(H,22,24). The summed E-state index contributed by atoms with van der Waals surface area (Å²) in [6.45, 7) is 3.46. The van der Waals surface area contributed by atoms with E-state index in [1.165, 1.54) is 0 Å². The minimum absolute atomic E-state index is 0.00891. The molecule has 1 aliphatic rings. The third-order valence-corrected chi connectivity index (χ3v) is 4.59. The Balaban J connectivity index is 1.61. The highest BCUT2D eigenvalue weighted by Gasteiger charge is 2.26. The van der Waals surface area contributed by atoms with Crippen molar-refractivity contribution in [3.05, 3.63) is 41.2 Å². The third kappa shape index (κ3) is 4.20. The average molecular weight is 361 g/mol. The molecule has 25 heavy (non-hydrogen) atoms. The summed E-state index contributed by atoms with van der Waals surface area (Å²) >= 11 is 6.02. The molecule has 1 amide bonds. The number of halogens is 1. The molecule has 132 valence electrons. The van der Waals surface area contributed by atoms with E-state index in [0.29, 0.717) is 16.5 Å². The van der Waals surface area contributed by atoms with Gasteiger partial charge in [0.2, 0.25) is 11.9 Å². The summed E-state index contributed by atoms with van der Waals surface area (Å²) in [5.41, 5.74) is 1.54. The Labute approximate surface area is 152 Å². The molecule has 0 aliphatic carbocycles. The fourth-order valence-electron chi connectivity index (χ4n) is 2.94. The second-order valence-corrected chi connectivity index (χ2v) is 6.53. The largest absolute Gasteiger partial charge is 0.495 e. The second-order valence-electron chi connectivity index (χ2n) is 6.09. The van der Waals surface area contributed by atoms with Crippen molar-refractivity contribution in [1.29, 1.82) is 0 Å². The number of carbonyl (C=O) groups excluding carboxylic acids is 1. The molecular weight excluding hydrogens is 340 g/mol. The van der Waals surface area contributed by atoms with Crippen LogP contribution in [0, 0.1) is 12.8 Å². The molecule has 7 heteroatoms. The van der Waals surface area contributed by atoms with E-state index >= 15 is 0 Å². The summed E-state index contributed by atoms with van der Waals surface area (Å²) in [5, 5.41) is 3.50. The Bertz CT molecular complexity index is 760. The number of rotatable bonds is 4. The minimum Gasteiger partial charge on any atom is -0.495 e. The van der Waals surface area contributed by atoms with Crippen LogP contribution in [0.25, 0.3) is 0 Å². The van der Waals surface area contributed by atoms with Gasteiger partial charge < -0.3 is 15.0 Å². The zero-order chi connectivity index (χ0) is 17.8. The lowest BCUT2D eigenvalue weighted by atomic mass is 9.96. The van der Waals surface area contributed by atoms with E-state index in [0.717, 1.165) is 37.6 Å². The summed E-state index contributed by atoms with van der Waals surface area (Å²) in [6.07, 6.45) is 3.28. The molecule has 1 aromatic carbocycles. The van der Waals surface area contributed by atoms with Crippen molar-refractivity contribution in [2.75, 3.05) is 30.4 Å². The van der Waals surface area contributed by atoms with Crippen LogP contribution in [0.5, 0.6) is 5.75 Å². The van der Waals surface area contributed by atoms with E-state index in [4.69, 9.17) is 16.3 Å². The maximum atomic E-state index is 12.6. The predicted molar refractivity (Wildman–Crippen MR) is 98.3 cm³/mol. The summed E-state index contributed by atoms with van der Waals surface area (Å²) in [6, 6.07) is 7.06. The van der Waals surface area contributed by atoms with Crippen LogP contribution in [0.3, 0.4) is 0 Å². The number of aryl methyl sites for hydroxylation is 1. The first-order valence-electron chi connectivity index (χ1n) is 8.26. The normalized spacial score (nSPS) is 15.1. The lowest BCUT2D eigenvalue weighted by molar-refractivity contribution is -0.120. The number of nitrogens with one attached hydrogen (secondary N) is 1. The van der Waals surface area contributed by atoms with Crippen molar-refractivity contribution < 1.29 is 9.53 Å². The van der Waals surface area contributed by atoms with Gasteiger partial charge in [-0.3, -0.25) is 4.79 Å². The molecule has 2 heterocycles. The van der Waals surface area contributed by atoms with E-state index in [1.807, 2.05) is 13.0 Å². The van der Waals surface area contributed by atoms with Crippen molar-refractivity contribution in [3.63, 3.8) is 0 Å². The molecule has 0 unspecified atom stereocenters. The predicted octanol–water partition coefficient (Wildman–Crippen LogP) is 3.30. The average Bonchev–Trinajstić information content (AvgIpc) is 2.62. The molecule has 1 aliphatic heterocycles. The van der Waals surface area contributed by atoms with Gasteiger partial charge in [-0.1, -0.05) is 11.6 Å². The molecule has 0 radical (unpaired) electrons. The quantitative estimate of drug-likeness (QED) is 0.906. The SMILES string of the molecule is COc1ccc(Cl)cc1NC(=O)C1CCN(c2nccc(C)n2)CC1. The fourth-order valence-corrected chi connectivity index (χ4v) is 3.11. The molecule has 3 rings (SSSR count). The number of amides is 1. The van der Waals surface area contributed by atoms with Gasteiger partial charge in [-0.05, 0) is 44.0 Å². The van der Waals surface area contributed by atoms with Crippen LogP contribution in [0.15, 0.2) is 30.5 Å². The first-order chi connectivity index (χ1) is 12.1. The molecule has 1 fully saturated rings. The summed E-state index contributed by atoms with van der Waals surface area (Å²) < 4.78 is 5.28. The molecule has 0 spiro atoms. The summed E-state index contributed by atoms with van der Waals surface area (Å²) in [7, 11) is 1.57. The van der Waals surface area contributed by atoms with Gasteiger partial charge in [-0.15, -0.1) is 0 Å². The van der Waals surface area contributed by atoms with Gasteiger partial charge in [0.1, 0.15) is 5.75 Å². The third-order valence-electron chi connectivity index (χ3n) is 4.35. The van der Waals surface area contributed by atoms with E-state index in [1.54, 1.807) is 31.5 Å². The van der Waals surface area contributed by atoms with Crippen LogP contribution >= 0.6 is 11.6 Å². The zero-order valence-corrected chi connectivity index (χ0v) is 15.1. The van der Waals surface area contributed by atoms with Crippen molar-refractivity contribution in [2.24, 2.45) is 5.92 Å². The molecule has 1 saturated heterocycles.